The highest BCUT2D eigenvalue weighted by Crippen LogP contribution is 2.33. The van der Waals surface area contributed by atoms with Crippen LogP contribution in [0.1, 0.15) is 38.5 Å². The maximum atomic E-state index is 12.6. The van der Waals surface area contributed by atoms with Crippen LogP contribution >= 0.6 is 24.8 Å². The van der Waals surface area contributed by atoms with Gasteiger partial charge in [-0.3, -0.25) is 4.79 Å². The predicted octanol–water partition coefficient (Wildman–Crippen LogP) is 3.72. The SMILES string of the molecule is CN(C)CCCOc1cccc(NC(=O)C2CC3CCCCC3N2)c1.Cl.Cl. The highest BCUT2D eigenvalue weighted by molar-refractivity contribution is 5.95. The highest BCUT2D eigenvalue weighted by atomic mass is 35.5. The van der Waals surface area contributed by atoms with Crippen LogP contribution in [0.4, 0.5) is 5.69 Å². The Labute approximate surface area is 175 Å². The van der Waals surface area contributed by atoms with Gasteiger partial charge in [0.1, 0.15) is 5.75 Å². The molecule has 154 valence electrons. The Morgan fingerprint density at radius 3 is 2.78 bits per heavy atom. The first kappa shape index (κ1) is 24.0. The van der Waals surface area contributed by atoms with Crippen molar-refractivity contribution in [1.82, 2.24) is 10.2 Å². The van der Waals surface area contributed by atoms with Gasteiger partial charge in [-0.2, -0.15) is 0 Å². The number of fused-ring (bicyclic) bond motifs is 1. The van der Waals surface area contributed by atoms with Crippen molar-refractivity contribution in [2.75, 3.05) is 32.6 Å². The second-order valence-electron chi connectivity index (χ2n) is 7.63. The zero-order chi connectivity index (χ0) is 17.6. The standard InChI is InChI=1S/C20H31N3O2.2ClH/c1-23(2)11-6-12-25-17-9-5-8-16(14-17)21-20(24)19-13-15-7-3-4-10-18(15)22-19;;/h5,8-9,14-15,18-19,22H,3-4,6-7,10-13H2,1-2H3,(H,21,24);2*1H. The molecule has 2 aliphatic rings. The number of rotatable bonds is 7. The number of nitrogens with zero attached hydrogens (tertiary/aromatic N) is 1. The van der Waals surface area contributed by atoms with E-state index in [9.17, 15) is 4.79 Å². The molecule has 1 aliphatic carbocycles. The number of ether oxygens (including phenoxy) is 1. The van der Waals surface area contributed by atoms with Gasteiger partial charge in [-0.1, -0.05) is 18.9 Å². The first-order valence-corrected chi connectivity index (χ1v) is 9.56. The number of amides is 1. The van der Waals surface area contributed by atoms with E-state index in [4.69, 9.17) is 4.74 Å². The summed E-state index contributed by atoms with van der Waals surface area (Å²) in [6.45, 7) is 1.69. The van der Waals surface area contributed by atoms with E-state index in [1.807, 2.05) is 24.3 Å². The third kappa shape index (κ3) is 7.15. The number of hydrogen-bond acceptors (Lipinski definition) is 4. The molecule has 7 heteroatoms. The molecular weight excluding hydrogens is 385 g/mol. The molecule has 1 heterocycles. The Kier molecular flexibility index (Phi) is 10.5. The van der Waals surface area contributed by atoms with Crippen molar-refractivity contribution in [2.24, 2.45) is 5.92 Å². The fourth-order valence-electron chi connectivity index (χ4n) is 3.98. The molecule has 27 heavy (non-hydrogen) atoms. The second-order valence-corrected chi connectivity index (χ2v) is 7.63. The molecule has 0 bridgehead atoms. The number of benzene rings is 1. The average Bonchev–Trinajstić information content (AvgIpc) is 3.03. The quantitative estimate of drug-likeness (QED) is 0.663. The van der Waals surface area contributed by atoms with Crippen molar-refractivity contribution in [3.8, 4) is 5.75 Å². The van der Waals surface area contributed by atoms with E-state index in [-0.39, 0.29) is 36.8 Å². The van der Waals surface area contributed by atoms with Gasteiger partial charge in [0.2, 0.25) is 5.91 Å². The summed E-state index contributed by atoms with van der Waals surface area (Å²) in [5.41, 5.74) is 0.812. The number of halogens is 2. The lowest BCUT2D eigenvalue weighted by molar-refractivity contribution is -0.117. The largest absolute Gasteiger partial charge is 0.493 e. The first-order chi connectivity index (χ1) is 12.1. The second kappa shape index (κ2) is 11.7. The molecule has 3 atom stereocenters. The zero-order valence-electron chi connectivity index (χ0n) is 16.3. The normalized spacial score (nSPS) is 23.7. The van der Waals surface area contributed by atoms with E-state index < -0.39 is 0 Å². The van der Waals surface area contributed by atoms with Crippen LogP contribution in [-0.4, -0.2) is 50.1 Å². The van der Waals surface area contributed by atoms with Crippen LogP contribution in [0.3, 0.4) is 0 Å². The third-order valence-corrected chi connectivity index (χ3v) is 5.30. The summed E-state index contributed by atoms with van der Waals surface area (Å²) in [6, 6.07) is 8.18. The molecule has 1 saturated heterocycles. The van der Waals surface area contributed by atoms with Gasteiger partial charge in [0, 0.05) is 24.3 Å². The van der Waals surface area contributed by atoms with Crippen LogP contribution in [0, 0.1) is 5.92 Å². The minimum atomic E-state index is -0.0576. The lowest BCUT2D eigenvalue weighted by Crippen LogP contribution is -2.39. The van der Waals surface area contributed by atoms with E-state index in [1.165, 1.54) is 25.7 Å². The van der Waals surface area contributed by atoms with E-state index >= 15 is 0 Å². The van der Waals surface area contributed by atoms with Gasteiger partial charge in [0.25, 0.3) is 0 Å². The van der Waals surface area contributed by atoms with Gasteiger partial charge in [-0.05, 0) is 57.8 Å². The summed E-state index contributed by atoms with van der Waals surface area (Å²) < 4.78 is 5.79. The summed E-state index contributed by atoms with van der Waals surface area (Å²) in [5.74, 6) is 1.57. The highest BCUT2D eigenvalue weighted by Gasteiger charge is 2.38. The summed E-state index contributed by atoms with van der Waals surface area (Å²) in [5, 5.41) is 6.58. The van der Waals surface area contributed by atoms with Crippen molar-refractivity contribution >= 4 is 36.4 Å². The summed E-state index contributed by atoms with van der Waals surface area (Å²) >= 11 is 0. The molecule has 1 aromatic rings. The molecule has 0 spiro atoms. The van der Waals surface area contributed by atoms with Gasteiger partial charge < -0.3 is 20.3 Å². The molecule has 0 radical (unpaired) electrons. The minimum Gasteiger partial charge on any atom is -0.493 e. The molecule has 3 rings (SSSR count). The summed E-state index contributed by atoms with van der Waals surface area (Å²) in [7, 11) is 4.12. The van der Waals surface area contributed by atoms with Crippen molar-refractivity contribution < 1.29 is 9.53 Å². The predicted molar refractivity (Wildman–Crippen MR) is 116 cm³/mol. The lowest BCUT2D eigenvalue weighted by Gasteiger charge is -2.24. The first-order valence-electron chi connectivity index (χ1n) is 9.56. The van der Waals surface area contributed by atoms with Crippen LogP contribution < -0.4 is 15.4 Å². The molecule has 2 N–H and O–H groups in total. The maximum Gasteiger partial charge on any atom is 0.241 e. The molecule has 1 amide bonds. The smallest absolute Gasteiger partial charge is 0.241 e. The molecule has 2 fully saturated rings. The van der Waals surface area contributed by atoms with Crippen molar-refractivity contribution in [2.45, 2.75) is 50.6 Å². The topological polar surface area (TPSA) is 53.6 Å². The lowest BCUT2D eigenvalue weighted by atomic mass is 9.85. The summed E-state index contributed by atoms with van der Waals surface area (Å²) in [6.07, 6.45) is 7.03. The number of hydrogen-bond donors (Lipinski definition) is 2. The Morgan fingerprint density at radius 2 is 2.04 bits per heavy atom. The van der Waals surface area contributed by atoms with Crippen LogP contribution in [0.5, 0.6) is 5.75 Å². The average molecular weight is 418 g/mol. The van der Waals surface area contributed by atoms with Crippen molar-refractivity contribution in [1.29, 1.82) is 0 Å². The fraction of sp³-hybridized carbons (Fsp3) is 0.650. The molecule has 1 aliphatic heterocycles. The number of carbonyl (C=O) groups excluding carboxylic acids is 1. The van der Waals surface area contributed by atoms with Crippen LogP contribution in [-0.2, 0) is 4.79 Å². The van der Waals surface area contributed by atoms with Gasteiger partial charge in [-0.15, -0.1) is 24.8 Å². The number of anilines is 1. The molecule has 0 aromatic heterocycles. The Bertz CT molecular complexity index is 572. The Morgan fingerprint density at radius 1 is 1.26 bits per heavy atom. The molecule has 5 nitrogen and oxygen atoms in total. The van der Waals surface area contributed by atoms with Crippen LogP contribution in [0.2, 0.25) is 0 Å². The zero-order valence-corrected chi connectivity index (χ0v) is 17.9. The molecule has 1 aromatic carbocycles. The van der Waals surface area contributed by atoms with Gasteiger partial charge in [0.05, 0.1) is 12.6 Å². The van der Waals surface area contributed by atoms with E-state index in [2.05, 4.69) is 29.6 Å². The monoisotopic (exact) mass is 417 g/mol. The third-order valence-electron chi connectivity index (χ3n) is 5.30. The maximum absolute atomic E-state index is 12.6. The van der Waals surface area contributed by atoms with E-state index in [0.29, 0.717) is 18.6 Å². The minimum absolute atomic E-state index is 0. The Balaban J connectivity index is 0.00000182. The van der Waals surface area contributed by atoms with Crippen molar-refractivity contribution in [3.63, 3.8) is 0 Å². The summed E-state index contributed by atoms with van der Waals surface area (Å²) in [4.78, 5) is 14.7. The Hall–Kier alpha value is -1.01. The fourth-order valence-corrected chi connectivity index (χ4v) is 3.98. The molecule has 1 saturated carbocycles. The van der Waals surface area contributed by atoms with E-state index in [1.54, 1.807) is 0 Å². The molecule has 3 unspecified atom stereocenters. The van der Waals surface area contributed by atoms with Crippen LogP contribution in [0.25, 0.3) is 0 Å². The van der Waals surface area contributed by atoms with Crippen LogP contribution in [0.15, 0.2) is 24.3 Å². The van der Waals surface area contributed by atoms with Crippen molar-refractivity contribution in [3.05, 3.63) is 24.3 Å². The number of carbonyl (C=O) groups is 1. The molecular formula is C20H33Cl2N3O2. The number of nitrogens with one attached hydrogen (secondary N) is 2. The van der Waals surface area contributed by atoms with Gasteiger partial charge in [-0.25, -0.2) is 0 Å². The van der Waals surface area contributed by atoms with E-state index in [0.717, 1.165) is 30.8 Å². The van der Waals surface area contributed by atoms with Gasteiger partial charge >= 0.3 is 0 Å². The van der Waals surface area contributed by atoms with Gasteiger partial charge in [0.15, 0.2) is 0 Å².